The van der Waals surface area contributed by atoms with Gasteiger partial charge in [-0.1, -0.05) is 12.1 Å². The predicted octanol–water partition coefficient (Wildman–Crippen LogP) is 4.31. The zero-order valence-corrected chi connectivity index (χ0v) is 18.0. The van der Waals surface area contributed by atoms with Crippen molar-refractivity contribution in [2.75, 3.05) is 32.6 Å². The highest BCUT2D eigenvalue weighted by atomic mass is 32.1. The van der Waals surface area contributed by atoms with Gasteiger partial charge in [-0.05, 0) is 50.0 Å². The fourth-order valence-corrected chi connectivity index (χ4v) is 3.34. The highest BCUT2D eigenvalue weighted by Gasteiger charge is 2.11. The molecule has 0 bridgehead atoms. The van der Waals surface area contributed by atoms with Crippen molar-refractivity contribution in [3.05, 3.63) is 75.7 Å². The standard InChI is InChI=1S/C22H22N4O4S/c1-25(2)13-14-30-20-6-4-3-5-18(20)19-15-31-22(23-19)24-21(27)12-9-16-7-10-17(11-8-16)26(28)29/h3-12,15H,13-14H2,1-2H3,(H,23,24,27)/b12-9+. The van der Waals surface area contributed by atoms with E-state index in [1.165, 1.54) is 29.5 Å². The summed E-state index contributed by atoms with van der Waals surface area (Å²) in [7, 11) is 3.97. The maximum absolute atomic E-state index is 12.2. The summed E-state index contributed by atoms with van der Waals surface area (Å²) in [6.45, 7) is 1.36. The number of rotatable bonds is 9. The van der Waals surface area contributed by atoms with Gasteiger partial charge in [-0.2, -0.15) is 0 Å². The molecule has 0 unspecified atom stereocenters. The van der Waals surface area contributed by atoms with Crippen molar-refractivity contribution in [1.29, 1.82) is 0 Å². The highest BCUT2D eigenvalue weighted by Crippen LogP contribution is 2.32. The fraction of sp³-hybridized carbons (Fsp3) is 0.182. The molecule has 1 heterocycles. The van der Waals surface area contributed by atoms with Gasteiger partial charge in [0.05, 0.1) is 10.6 Å². The average molecular weight is 439 g/mol. The number of hydrogen-bond donors (Lipinski definition) is 1. The summed E-state index contributed by atoms with van der Waals surface area (Å²) in [4.78, 5) is 29.0. The lowest BCUT2D eigenvalue weighted by Gasteiger charge is -2.13. The molecule has 2 aromatic carbocycles. The molecule has 0 saturated carbocycles. The molecule has 9 heteroatoms. The first-order valence-corrected chi connectivity index (χ1v) is 10.4. The van der Waals surface area contributed by atoms with E-state index in [2.05, 4.69) is 10.3 Å². The smallest absolute Gasteiger partial charge is 0.269 e. The van der Waals surface area contributed by atoms with E-state index >= 15 is 0 Å². The number of nitro groups is 1. The summed E-state index contributed by atoms with van der Waals surface area (Å²) in [6.07, 6.45) is 2.95. The number of nitro benzene ring substituents is 1. The number of carbonyl (C=O) groups excluding carboxylic acids is 1. The maximum Gasteiger partial charge on any atom is 0.269 e. The van der Waals surface area contributed by atoms with Crippen LogP contribution in [0.15, 0.2) is 60.0 Å². The van der Waals surface area contributed by atoms with Crippen molar-refractivity contribution >= 4 is 34.1 Å². The first kappa shape index (κ1) is 22.1. The summed E-state index contributed by atoms with van der Waals surface area (Å²) in [5.41, 5.74) is 2.27. The Bertz CT molecular complexity index is 1080. The number of para-hydroxylation sites is 1. The average Bonchev–Trinajstić information content (AvgIpc) is 3.21. The van der Waals surface area contributed by atoms with Crippen molar-refractivity contribution in [2.45, 2.75) is 0 Å². The number of benzene rings is 2. The zero-order chi connectivity index (χ0) is 22.2. The number of carbonyl (C=O) groups is 1. The summed E-state index contributed by atoms with van der Waals surface area (Å²) in [6, 6.07) is 13.6. The van der Waals surface area contributed by atoms with Crippen molar-refractivity contribution in [3.63, 3.8) is 0 Å². The summed E-state index contributed by atoms with van der Waals surface area (Å²) in [5, 5.41) is 15.8. The largest absolute Gasteiger partial charge is 0.492 e. The monoisotopic (exact) mass is 438 g/mol. The second-order valence-corrected chi connectivity index (χ2v) is 7.72. The second-order valence-electron chi connectivity index (χ2n) is 6.86. The molecule has 0 spiro atoms. The molecular weight excluding hydrogens is 416 g/mol. The minimum Gasteiger partial charge on any atom is -0.492 e. The van der Waals surface area contributed by atoms with E-state index < -0.39 is 4.92 Å². The lowest BCUT2D eigenvalue weighted by atomic mass is 10.1. The third kappa shape index (κ3) is 6.46. The Morgan fingerprint density at radius 1 is 1.23 bits per heavy atom. The minimum atomic E-state index is -0.467. The number of nitrogens with one attached hydrogen (secondary N) is 1. The molecule has 1 N–H and O–H groups in total. The van der Waals surface area contributed by atoms with E-state index in [0.717, 1.165) is 23.6 Å². The van der Waals surface area contributed by atoms with Crippen molar-refractivity contribution < 1.29 is 14.5 Å². The van der Waals surface area contributed by atoms with Crippen LogP contribution in [0.25, 0.3) is 17.3 Å². The molecule has 0 atom stereocenters. The Kier molecular flexibility index (Phi) is 7.47. The molecule has 0 radical (unpaired) electrons. The number of amides is 1. The third-order valence-electron chi connectivity index (χ3n) is 4.22. The van der Waals surface area contributed by atoms with Crippen LogP contribution in [0.5, 0.6) is 5.75 Å². The van der Waals surface area contributed by atoms with Gasteiger partial charge in [-0.15, -0.1) is 11.3 Å². The van der Waals surface area contributed by atoms with Crippen LogP contribution in [-0.2, 0) is 4.79 Å². The van der Waals surface area contributed by atoms with Gasteiger partial charge in [0.25, 0.3) is 5.69 Å². The van der Waals surface area contributed by atoms with Gasteiger partial charge in [0.2, 0.25) is 5.91 Å². The number of hydrogen-bond acceptors (Lipinski definition) is 7. The molecule has 1 aromatic heterocycles. The molecule has 0 fully saturated rings. The van der Waals surface area contributed by atoms with Gasteiger partial charge in [-0.3, -0.25) is 20.2 Å². The molecule has 0 saturated heterocycles. The number of nitrogens with zero attached hydrogens (tertiary/aromatic N) is 3. The summed E-state index contributed by atoms with van der Waals surface area (Å²) in [5.74, 6) is 0.403. The zero-order valence-electron chi connectivity index (χ0n) is 17.1. The van der Waals surface area contributed by atoms with Crippen LogP contribution in [-0.4, -0.2) is 48.0 Å². The Hall–Kier alpha value is -3.56. The van der Waals surface area contributed by atoms with Crippen LogP contribution < -0.4 is 10.1 Å². The Morgan fingerprint density at radius 3 is 2.68 bits per heavy atom. The van der Waals surface area contributed by atoms with Crippen LogP contribution in [0.1, 0.15) is 5.56 Å². The summed E-state index contributed by atoms with van der Waals surface area (Å²) >= 11 is 1.32. The van der Waals surface area contributed by atoms with Crippen molar-refractivity contribution in [1.82, 2.24) is 9.88 Å². The third-order valence-corrected chi connectivity index (χ3v) is 4.98. The molecule has 0 aliphatic heterocycles. The molecule has 31 heavy (non-hydrogen) atoms. The van der Waals surface area contributed by atoms with E-state index in [1.807, 2.05) is 48.6 Å². The van der Waals surface area contributed by atoms with Gasteiger partial charge in [-0.25, -0.2) is 4.98 Å². The topological polar surface area (TPSA) is 97.6 Å². The Labute approximate surface area is 184 Å². The first-order chi connectivity index (χ1) is 14.9. The predicted molar refractivity (Wildman–Crippen MR) is 122 cm³/mol. The van der Waals surface area contributed by atoms with Gasteiger partial charge in [0.15, 0.2) is 5.13 Å². The molecule has 160 valence electrons. The number of ether oxygens (including phenoxy) is 1. The lowest BCUT2D eigenvalue weighted by Crippen LogP contribution is -2.19. The molecule has 3 rings (SSSR count). The SMILES string of the molecule is CN(C)CCOc1ccccc1-c1csc(NC(=O)/C=C/c2ccc([N+](=O)[O-])cc2)n1. The van der Waals surface area contributed by atoms with E-state index in [4.69, 9.17) is 4.74 Å². The van der Waals surface area contributed by atoms with Crippen molar-refractivity contribution in [2.24, 2.45) is 0 Å². The highest BCUT2D eigenvalue weighted by molar-refractivity contribution is 7.14. The normalized spacial score (nSPS) is 11.1. The number of non-ortho nitro benzene ring substituents is 1. The quantitative estimate of drug-likeness (QED) is 0.304. The number of thiazole rings is 1. The molecule has 8 nitrogen and oxygen atoms in total. The van der Waals surface area contributed by atoms with Crippen LogP contribution in [0.4, 0.5) is 10.8 Å². The van der Waals surface area contributed by atoms with Crippen LogP contribution >= 0.6 is 11.3 Å². The molecule has 0 aliphatic rings. The molecular formula is C22H22N4O4S. The van der Waals surface area contributed by atoms with Crippen LogP contribution in [0, 0.1) is 10.1 Å². The molecule has 1 amide bonds. The molecule has 0 aliphatic carbocycles. The van der Waals surface area contributed by atoms with Gasteiger partial charge < -0.3 is 9.64 Å². The maximum atomic E-state index is 12.2. The van der Waals surface area contributed by atoms with E-state index in [1.54, 1.807) is 18.2 Å². The van der Waals surface area contributed by atoms with E-state index in [-0.39, 0.29) is 11.6 Å². The fourth-order valence-electron chi connectivity index (χ4n) is 2.62. The first-order valence-electron chi connectivity index (χ1n) is 9.48. The van der Waals surface area contributed by atoms with E-state index in [9.17, 15) is 14.9 Å². The lowest BCUT2D eigenvalue weighted by molar-refractivity contribution is -0.384. The van der Waals surface area contributed by atoms with Crippen molar-refractivity contribution in [3.8, 4) is 17.0 Å². The molecule has 3 aromatic rings. The van der Waals surface area contributed by atoms with Crippen LogP contribution in [0.2, 0.25) is 0 Å². The summed E-state index contributed by atoms with van der Waals surface area (Å²) < 4.78 is 5.89. The Balaban J connectivity index is 1.63. The van der Waals surface area contributed by atoms with Crippen LogP contribution in [0.3, 0.4) is 0 Å². The second kappa shape index (κ2) is 10.5. The Morgan fingerprint density at radius 2 is 1.97 bits per heavy atom. The van der Waals surface area contributed by atoms with Gasteiger partial charge in [0, 0.05) is 35.7 Å². The van der Waals surface area contributed by atoms with Gasteiger partial charge >= 0.3 is 0 Å². The van der Waals surface area contributed by atoms with E-state index in [0.29, 0.717) is 17.3 Å². The number of aromatic nitrogens is 1. The number of anilines is 1. The number of likely N-dealkylation sites (N-methyl/N-ethyl adjacent to an activating group) is 1. The minimum absolute atomic E-state index is 0.00268. The van der Waals surface area contributed by atoms with Gasteiger partial charge in [0.1, 0.15) is 12.4 Å².